The number of rotatable bonds is 1. The first-order valence-electron chi connectivity index (χ1n) is 8.48. The molecule has 0 aliphatic carbocycles. The molecule has 0 saturated carbocycles. The molecule has 0 fully saturated rings. The Morgan fingerprint density at radius 3 is 2.41 bits per heavy atom. The lowest BCUT2D eigenvalue weighted by Crippen LogP contribution is -2.26. The quantitative estimate of drug-likeness (QED) is 0.491. The van der Waals surface area contributed by atoms with Crippen molar-refractivity contribution in [2.75, 3.05) is 0 Å². The van der Waals surface area contributed by atoms with Crippen LogP contribution in [0.4, 0.5) is 0 Å². The zero-order valence-electron chi connectivity index (χ0n) is 15.1. The van der Waals surface area contributed by atoms with Gasteiger partial charge in [-0.1, -0.05) is 12.1 Å². The number of fused-ring (bicyclic) bond motifs is 2. The van der Waals surface area contributed by atoms with Crippen LogP contribution >= 0.6 is 0 Å². The lowest BCUT2D eigenvalue weighted by atomic mass is 10.1. The van der Waals surface area contributed by atoms with Gasteiger partial charge in [0, 0.05) is 6.20 Å². The zero-order valence-corrected chi connectivity index (χ0v) is 15.1. The molecule has 132 valence electrons. The van der Waals surface area contributed by atoms with Gasteiger partial charge in [-0.05, 0) is 61.7 Å². The Kier molecular flexibility index (Phi) is 3.67. The number of benzene rings is 1. The van der Waals surface area contributed by atoms with Crippen LogP contribution < -0.4 is 11.1 Å². The summed E-state index contributed by atoms with van der Waals surface area (Å²) in [7, 11) is 0. The second kappa shape index (κ2) is 5.92. The number of nitrogens with zero attached hydrogens (tertiary/aromatic N) is 4. The third-order valence-corrected chi connectivity index (χ3v) is 4.87. The van der Waals surface area contributed by atoms with E-state index in [9.17, 15) is 14.9 Å². The molecule has 3 aromatic heterocycles. The lowest BCUT2D eigenvalue weighted by molar-refractivity contribution is 0.977. The topological polar surface area (TPSA) is 80.2 Å². The third-order valence-electron chi connectivity index (χ3n) is 4.87. The standard InChI is InChI=1S/C21H16N4O2/c1-12-6-7-16(9-14(12)3)25-19-17(10-15(11-22)20(25)26)21(27)24-8-4-5-13(2)18(24)23-19/h4-10H,1-3H3. The normalized spacial score (nSPS) is 11.0. The molecule has 0 radical (unpaired) electrons. The molecule has 0 bridgehead atoms. The van der Waals surface area contributed by atoms with Crippen LogP contribution in [0, 0.1) is 32.1 Å². The van der Waals surface area contributed by atoms with Crippen molar-refractivity contribution in [2.24, 2.45) is 0 Å². The Balaban J connectivity index is 2.28. The zero-order chi connectivity index (χ0) is 19.3. The van der Waals surface area contributed by atoms with Crippen LogP contribution in [-0.2, 0) is 0 Å². The molecule has 4 aromatic rings. The van der Waals surface area contributed by atoms with Crippen molar-refractivity contribution in [1.82, 2.24) is 14.0 Å². The average Bonchev–Trinajstić information content (AvgIpc) is 2.65. The van der Waals surface area contributed by atoms with E-state index in [2.05, 4.69) is 4.98 Å². The smallest absolute Gasteiger partial charge is 0.268 e. The molecule has 0 amide bonds. The highest BCUT2D eigenvalue weighted by molar-refractivity contribution is 5.80. The molecule has 0 aliphatic rings. The first kappa shape index (κ1) is 16.7. The van der Waals surface area contributed by atoms with Crippen molar-refractivity contribution >= 4 is 16.7 Å². The highest BCUT2D eigenvalue weighted by Crippen LogP contribution is 2.18. The Hall–Kier alpha value is -3.72. The fourth-order valence-electron chi connectivity index (χ4n) is 3.20. The van der Waals surface area contributed by atoms with Gasteiger partial charge in [0.05, 0.1) is 11.1 Å². The van der Waals surface area contributed by atoms with Gasteiger partial charge in [-0.2, -0.15) is 5.26 Å². The Morgan fingerprint density at radius 2 is 1.70 bits per heavy atom. The molecular weight excluding hydrogens is 340 g/mol. The molecule has 0 spiro atoms. The average molecular weight is 356 g/mol. The molecule has 0 unspecified atom stereocenters. The van der Waals surface area contributed by atoms with E-state index in [1.54, 1.807) is 18.3 Å². The van der Waals surface area contributed by atoms with E-state index in [-0.39, 0.29) is 22.2 Å². The fraction of sp³-hybridized carbons (Fsp3) is 0.143. The van der Waals surface area contributed by atoms with E-state index < -0.39 is 5.56 Å². The van der Waals surface area contributed by atoms with Gasteiger partial charge in [-0.3, -0.25) is 18.6 Å². The molecule has 6 heteroatoms. The lowest BCUT2D eigenvalue weighted by Gasteiger charge is -2.13. The molecule has 1 aromatic carbocycles. The number of aryl methyl sites for hydroxylation is 3. The number of pyridine rings is 2. The number of hydrogen-bond acceptors (Lipinski definition) is 4. The van der Waals surface area contributed by atoms with Crippen LogP contribution in [0.25, 0.3) is 22.4 Å². The Morgan fingerprint density at radius 1 is 0.926 bits per heavy atom. The second-order valence-corrected chi connectivity index (χ2v) is 6.62. The largest absolute Gasteiger partial charge is 0.274 e. The summed E-state index contributed by atoms with van der Waals surface area (Å²) in [4.78, 5) is 30.6. The minimum atomic E-state index is -0.488. The summed E-state index contributed by atoms with van der Waals surface area (Å²) in [6.07, 6.45) is 1.63. The van der Waals surface area contributed by atoms with Crippen LogP contribution in [0.3, 0.4) is 0 Å². The highest BCUT2D eigenvalue weighted by atomic mass is 16.1. The summed E-state index contributed by atoms with van der Waals surface area (Å²) in [6.45, 7) is 5.78. The van der Waals surface area contributed by atoms with Gasteiger partial charge in [-0.15, -0.1) is 0 Å². The number of hydrogen-bond donors (Lipinski definition) is 0. The van der Waals surface area contributed by atoms with Crippen molar-refractivity contribution in [2.45, 2.75) is 20.8 Å². The number of aromatic nitrogens is 3. The van der Waals surface area contributed by atoms with Gasteiger partial charge in [0.15, 0.2) is 5.65 Å². The Bertz CT molecular complexity index is 1400. The molecule has 3 heterocycles. The SMILES string of the molecule is Cc1ccc(-n2c(=O)c(C#N)cc3c(=O)n4cccc(C)c4nc32)cc1C. The van der Waals surface area contributed by atoms with Crippen molar-refractivity contribution in [1.29, 1.82) is 5.26 Å². The van der Waals surface area contributed by atoms with Gasteiger partial charge < -0.3 is 0 Å². The molecule has 0 aliphatic heterocycles. The second-order valence-electron chi connectivity index (χ2n) is 6.62. The summed E-state index contributed by atoms with van der Waals surface area (Å²) < 4.78 is 2.79. The van der Waals surface area contributed by atoms with Crippen LogP contribution in [0.15, 0.2) is 52.2 Å². The van der Waals surface area contributed by atoms with E-state index in [0.717, 1.165) is 16.7 Å². The molecule has 4 rings (SSSR count). The van der Waals surface area contributed by atoms with E-state index >= 15 is 0 Å². The third kappa shape index (κ3) is 2.44. The van der Waals surface area contributed by atoms with Gasteiger partial charge in [0.1, 0.15) is 17.3 Å². The Labute approximate surface area is 154 Å². The maximum absolute atomic E-state index is 13.0. The molecule has 0 saturated heterocycles. The van der Waals surface area contributed by atoms with Gasteiger partial charge >= 0.3 is 0 Å². The van der Waals surface area contributed by atoms with Gasteiger partial charge in [0.25, 0.3) is 11.1 Å². The monoisotopic (exact) mass is 356 g/mol. The predicted octanol–water partition coefficient (Wildman–Crippen LogP) is 2.80. The summed E-state index contributed by atoms with van der Waals surface area (Å²) >= 11 is 0. The first-order valence-corrected chi connectivity index (χ1v) is 8.48. The number of nitriles is 1. The van der Waals surface area contributed by atoms with Gasteiger partial charge in [-0.25, -0.2) is 4.98 Å². The minimum absolute atomic E-state index is 0.0905. The first-order chi connectivity index (χ1) is 12.9. The van der Waals surface area contributed by atoms with Crippen molar-refractivity contribution in [3.8, 4) is 11.8 Å². The van der Waals surface area contributed by atoms with Gasteiger partial charge in [0.2, 0.25) is 0 Å². The summed E-state index contributed by atoms with van der Waals surface area (Å²) in [5, 5.41) is 9.63. The van der Waals surface area contributed by atoms with Crippen LogP contribution in [0.2, 0.25) is 0 Å². The van der Waals surface area contributed by atoms with Crippen LogP contribution in [0.1, 0.15) is 22.3 Å². The van der Waals surface area contributed by atoms with Crippen molar-refractivity contribution in [3.63, 3.8) is 0 Å². The van der Waals surface area contributed by atoms with Crippen LogP contribution in [0.5, 0.6) is 0 Å². The molecule has 6 nitrogen and oxygen atoms in total. The fourth-order valence-corrected chi connectivity index (χ4v) is 3.20. The van der Waals surface area contributed by atoms with E-state index in [1.165, 1.54) is 15.0 Å². The van der Waals surface area contributed by atoms with E-state index in [1.807, 2.05) is 45.0 Å². The van der Waals surface area contributed by atoms with Crippen molar-refractivity contribution < 1.29 is 0 Å². The maximum atomic E-state index is 13.0. The maximum Gasteiger partial charge on any atom is 0.274 e. The molecular formula is C21H16N4O2. The summed E-state index contributed by atoms with van der Waals surface area (Å²) in [5.74, 6) is 0. The van der Waals surface area contributed by atoms with E-state index in [4.69, 9.17) is 0 Å². The molecule has 27 heavy (non-hydrogen) atoms. The van der Waals surface area contributed by atoms with E-state index in [0.29, 0.717) is 11.3 Å². The molecule has 0 N–H and O–H groups in total. The predicted molar refractivity (Wildman–Crippen MR) is 103 cm³/mol. The highest BCUT2D eigenvalue weighted by Gasteiger charge is 2.17. The summed E-state index contributed by atoms with van der Waals surface area (Å²) in [5.41, 5.74) is 3.33. The molecule has 0 atom stereocenters. The summed E-state index contributed by atoms with van der Waals surface area (Å²) in [6, 6.07) is 12.4. The van der Waals surface area contributed by atoms with Crippen LogP contribution in [-0.4, -0.2) is 14.0 Å². The van der Waals surface area contributed by atoms with Crippen molar-refractivity contribution in [3.05, 3.63) is 85.6 Å². The minimum Gasteiger partial charge on any atom is -0.268 e.